The van der Waals surface area contributed by atoms with Crippen molar-refractivity contribution in [2.45, 2.75) is 24.9 Å². The molecule has 2 atom stereocenters. The van der Waals surface area contributed by atoms with Crippen molar-refractivity contribution in [3.05, 3.63) is 48.0 Å². The van der Waals surface area contributed by atoms with Crippen molar-refractivity contribution in [1.29, 1.82) is 0 Å². The van der Waals surface area contributed by atoms with E-state index in [2.05, 4.69) is 25.9 Å². The minimum atomic E-state index is -1.23. The molecule has 1 aromatic heterocycles. The Balaban J connectivity index is 1.87. The maximum Gasteiger partial charge on any atom is 0.322 e. The Bertz CT molecular complexity index is 899. The number of aromatic nitrogens is 2. The summed E-state index contributed by atoms with van der Waals surface area (Å²) < 4.78 is 0. The van der Waals surface area contributed by atoms with Crippen LogP contribution in [0.1, 0.15) is 11.3 Å². The summed E-state index contributed by atoms with van der Waals surface area (Å²) >= 11 is 0. The summed E-state index contributed by atoms with van der Waals surface area (Å²) in [6.45, 7) is -1.02. The second-order valence-corrected chi connectivity index (χ2v) is 6.71. The SMILES string of the molecule is NC(Cc1ccc(O)cc1)C(=O)NCC(=O)NC(Cc1cnc[nH]1)C(=O)NCC(=O)O. The molecule has 12 heteroatoms. The zero-order valence-electron chi connectivity index (χ0n) is 16.5. The summed E-state index contributed by atoms with van der Waals surface area (Å²) in [5.41, 5.74) is 7.13. The summed E-state index contributed by atoms with van der Waals surface area (Å²) in [6, 6.07) is 4.22. The van der Waals surface area contributed by atoms with Gasteiger partial charge < -0.3 is 36.9 Å². The molecule has 166 valence electrons. The zero-order chi connectivity index (χ0) is 22.8. The van der Waals surface area contributed by atoms with Crippen LogP contribution in [0, 0.1) is 0 Å². The molecule has 0 radical (unpaired) electrons. The number of carboxylic acids is 1. The van der Waals surface area contributed by atoms with Crippen LogP contribution in [0.4, 0.5) is 0 Å². The van der Waals surface area contributed by atoms with Crippen molar-refractivity contribution in [3.8, 4) is 5.75 Å². The Morgan fingerprint density at radius 2 is 1.71 bits per heavy atom. The normalized spacial score (nSPS) is 12.4. The number of nitrogens with one attached hydrogen (secondary N) is 4. The third-order valence-corrected chi connectivity index (χ3v) is 4.20. The maximum absolute atomic E-state index is 12.2. The molecule has 12 nitrogen and oxygen atoms in total. The fraction of sp³-hybridized carbons (Fsp3) is 0.316. The van der Waals surface area contributed by atoms with E-state index in [1.165, 1.54) is 24.7 Å². The van der Waals surface area contributed by atoms with Crippen LogP contribution in [-0.4, -0.2) is 69.0 Å². The first-order valence-electron chi connectivity index (χ1n) is 9.32. The monoisotopic (exact) mass is 432 g/mol. The van der Waals surface area contributed by atoms with Crippen LogP contribution in [0.2, 0.25) is 0 Å². The highest BCUT2D eigenvalue weighted by Gasteiger charge is 2.23. The number of hydrogen-bond donors (Lipinski definition) is 7. The van der Waals surface area contributed by atoms with Crippen molar-refractivity contribution >= 4 is 23.7 Å². The predicted molar refractivity (Wildman–Crippen MR) is 108 cm³/mol. The molecule has 0 saturated heterocycles. The van der Waals surface area contributed by atoms with E-state index in [1.54, 1.807) is 12.1 Å². The highest BCUT2D eigenvalue weighted by molar-refractivity contribution is 5.92. The Morgan fingerprint density at radius 3 is 2.32 bits per heavy atom. The molecule has 3 amide bonds. The summed E-state index contributed by atoms with van der Waals surface area (Å²) in [7, 11) is 0. The number of H-pyrrole nitrogens is 1. The minimum Gasteiger partial charge on any atom is -0.508 e. The number of rotatable bonds is 11. The molecule has 2 unspecified atom stereocenters. The van der Waals surface area contributed by atoms with Crippen LogP contribution in [0.5, 0.6) is 5.75 Å². The van der Waals surface area contributed by atoms with E-state index in [9.17, 15) is 24.3 Å². The molecule has 0 aliphatic carbocycles. The van der Waals surface area contributed by atoms with Gasteiger partial charge in [0.25, 0.3) is 0 Å². The predicted octanol–water partition coefficient (Wildman–Crippen LogP) is -1.97. The van der Waals surface area contributed by atoms with E-state index >= 15 is 0 Å². The van der Waals surface area contributed by atoms with E-state index in [0.717, 1.165) is 5.56 Å². The number of imidazole rings is 1. The van der Waals surface area contributed by atoms with E-state index in [0.29, 0.717) is 5.69 Å². The first kappa shape index (κ1) is 23.3. The third-order valence-electron chi connectivity index (χ3n) is 4.20. The highest BCUT2D eigenvalue weighted by Crippen LogP contribution is 2.10. The van der Waals surface area contributed by atoms with E-state index in [4.69, 9.17) is 10.8 Å². The summed E-state index contributed by atoms with van der Waals surface area (Å²) in [4.78, 5) is 53.9. The minimum absolute atomic E-state index is 0.0471. The molecule has 2 rings (SSSR count). The Kier molecular flexibility index (Phi) is 8.52. The van der Waals surface area contributed by atoms with Crippen molar-refractivity contribution in [2.24, 2.45) is 5.73 Å². The number of carboxylic acid groups (broad SMARTS) is 1. The number of nitrogens with zero attached hydrogens (tertiary/aromatic N) is 1. The number of benzene rings is 1. The van der Waals surface area contributed by atoms with Gasteiger partial charge in [-0.3, -0.25) is 19.2 Å². The number of phenolic OH excluding ortho intramolecular Hbond substituents is 1. The third kappa shape index (κ3) is 8.14. The van der Waals surface area contributed by atoms with Crippen molar-refractivity contribution in [1.82, 2.24) is 25.9 Å². The summed E-state index contributed by atoms with van der Waals surface area (Å²) in [5.74, 6) is -3.05. The average molecular weight is 432 g/mol. The molecule has 0 aliphatic heterocycles. The number of aliphatic carboxylic acids is 1. The van der Waals surface area contributed by atoms with Gasteiger partial charge in [0.2, 0.25) is 17.7 Å². The second kappa shape index (κ2) is 11.3. The van der Waals surface area contributed by atoms with Gasteiger partial charge in [-0.15, -0.1) is 0 Å². The smallest absolute Gasteiger partial charge is 0.322 e. The summed E-state index contributed by atoms with van der Waals surface area (Å²) in [5, 5.41) is 25.0. The lowest BCUT2D eigenvalue weighted by atomic mass is 10.1. The van der Waals surface area contributed by atoms with Gasteiger partial charge in [-0.25, -0.2) is 4.98 Å². The number of phenols is 1. The van der Waals surface area contributed by atoms with Gasteiger partial charge in [0.15, 0.2) is 0 Å². The Morgan fingerprint density at radius 1 is 1.03 bits per heavy atom. The van der Waals surface area contributed by atoms with Gasteiger partial charge in [0.05, 0.1) is 18.9 Å². The molecule has 31 heavy (non-hydrogen) atoms. The molecule has 0 saturated carbocycles. The molecule has 1 heterocycles. The molecular formula is C19H24N6O6. The standard InChI is InChI=1S/C19H24N6O6/c20-14(5-11-1-3-13(26)4-2-11)18(30)22-8-16(27)25-15(6-12-7-21-10-24-12)19(31)23-9-17(28)29/h1-4,7,10,14-15,26H,5-6,8-9,20H2,(H,21,24)(H,22,30)(H,23,31)(H,25,27)(H,28,29). The molecule has 0 aliphatic rings. The number of amides is 3. The quantitative estimate of drug-likeness (QED) is 0.212. The van der Waals surface area contributed by atoms with Crippen LogP contribution in [0.15, 0.2) is 36.8 Å². The van der Waals surface area contributed by atoms with Gasteiger partial charge in [-0.2, -0.15) is 0 Å². The zero-order valence-corrected chi connectivity index (χ0v) is 16.5. The fourth-order valence-corrected chi connectivity index (χ4v) is 2.63. The fourth-order valence-electron chi connectivity index (χ4n) is 2.63. The number of hydrogen-bond acceptors (Lipinski definition) is 7. The number of aromatic amines is 1. The molecule has 1 aromatic carbocycles. The van der Waals surface area contributed by atoms with Crippen molar-refractivity contribution in [2.75, 3.05) is 13.1 Å². The van der Waals surface area contributed by atoms with Crippen LogP contribution in [-0.2, 0) is 32.0 Å². The van der Waals surface area contributed by atoms with Crippen molar-refractivity contribution < 1.29 is 29.4 Å². The van der Waals surface area contributed by atoms with Gasteiger partial charge in [0.1, 0.15) is 18.3 Å². The van der Waals surface area contributed by atoms with Crippen LogP contribution in [0.3, 0.4) is 0 Å². The molecule has 0 fully saturated rings. The van der Waals surface area contributed by atoms with Crippen LogP contribution >= 0.6 is 0 Å². The number of carbonyl (C=O) groups is 4. The van der Waals surface area contributed by atoms with E-state index in [-0.39, 0.29) is 18.6 Å². The summed E-state index contributed by atoms with van der Waals surface area (Å²) in [6.07, 6.45) is 3.12. The molecule has 2 aromatic rings. The van der Waals surface area contributed by atoms with Crippen molar-refractivity contribution in [3.63, 3.8) is 0 Å². The Hall–Kier alpha value is -3.93. The van der Waals surface area contributed by atoms with Gasteiger partial charge in [-0.05, 0) is 24.1 Å². The Labute approximate surface area is 177 Å². The van der Waals surface area contributed by atoms with Gasteiger partial charge >= 0.3 is 5.97 Å². The van der Waals surface area contributed by atoms with E-state index < -0.39 is 48.9 Å². The number of aromatic hydroxyl groups is 1. The molecule has 8 N–H and O–H groups in total. The second-order valence-electron chi connectivity index (χ2n) is 6.71. The first-order valence-corrected chi connectivity index (χ1v) is 9.32. The van der Waals surface area contributed by atoms with Crippen LogP contribution < -0.4 is 21.7 Å². The average Bonchev–Trinajstić information content (AvgIpc) is 3.24. The molecule has 0 bridgehead atoms. The van der Waals surface area contributed by atoms with Gasteiger partial charge in [-0.1, -0.05) is 12.1 Å². The van der Waals surface area contributed by atoms with E-state index in [1.807, 2.05) is 0 Å². The lowest BCUT2D eigenvalue weighted by Crippen LogP contribution is -2.52. The topological polar surface area (TPSA) is 200 Å². The maximum atomic E-state index is 12.2. The molecule has 0 spiro atoms. The molecular weight excluding hydrogens is 408 g/mol. The largest absolute Gasteiger partial charge is 0.508 e. The van der Waals surface area contributed by atoms with Gasteiger partial charge in [0, 0.05) is 18.3 Å². The first-order chi connectivity index (χ1) is 14.7. The highest BCUT2D eigenvalue weighted by atomic mass is 16.4. The number of nitrogens with two attached hydrogens (primary N) is 1. The number of carbonyl (C=O) groups excluding carboxylic acids is 3. The van der Waals surface area contributed by atoms with Crippen LogP contribution in [0.25, 0.3) is 0 Å². The lowest BCUT2D eigenvalue weighted by molar-refractivity contribution is -0.138. The lowest BCUT2D eigenvalue weighted by Gasteiger charge is -2.18.